The van der Waals surface area contributed by atoms with Gasteiger partial charge in [0.15, 0.2) is 0 Å². The Kier molecular flexibility index (Phi) is 8.10. The number of hydrogen-bond donors (Lipinski definition) is 0. The molecule has 0 aliphatic heterocycles. The molecule has 0 N–H and O–H groups in total. The molecule has 0 rings (SSSR count). The summed E-state index contributed by atoms with van der Waals surface area (Å²) < 4.78 is 4.88. The van der Waals surface area contributed by atoms with E-state index in [0.717, 1.165) is 48.3 Å². The molecule has 0 fully saturated rings. The molecule has 0 aliphatic carbocycles. The summed E-state index contributed by atoms with van der Waals surface area (Å²) in [7, 11) is 0. The molecular formula is C4H8ClOSn. The standard InChI is InChI=1S/C4H8ClO.Sn/c5-3-1-2-4-6;/h1-4H2;/q-1;+1. The quantitative estimate of drug-likeness (QED) is 0.396. The number of hydrogen-bond acceptors (Lipinski definition) is 1. The predicted octanol–water partition coefficient (Wildman–Crippen LogP) is 1.11. The second-order valence-electron chi connectivity index (χ2n) is 1.24. The third-order valence-electron chi connectivity index (χ3n) is 0.630. The van der Waals surface area contributed by atoms with E-state index in [-0.39, 0.29) is 0 Å². The van der Waals surface area contributed by atoms with E-state index in [1.807, 2.05) is 0 Å². The van der Waals surface area contributed by atoms with E-state index in [2.05, 4.69) is 0 Å². The first-order valence-electron chi connectivity index (χ1n) is 2.26. The SMILES string of the molecule is ClCCCC[O][Sn]. The zero-order chi connectivity index (χ0) is 5.54. The molecule has 0 atom stereocenters. The molecular weight excluding hydrogens is 218 g/mol. The van der Waals surface area contributed by atoms with Crippen molar-refractivity contribution in [2.45, 2.75) is 12.8 Å². The fourth-order valence-corrected chi connectivity index (χ4v) is 0.870. The molecule has 0 heterocycles. The van der Waals surface area contributed by atoms with Crippen molar-refractivity contribution in [3.05, 3.63) is 0 Å². The Bertz CT molecular complexity index is 30.9. The van der Waals surface area contributed by atoms with Crippen molar-refractivity contribution in [2.24, 2.45) is 0 Å². The summed E-state index contributed by atoms with van der Waals surface area (Å²) in [5.41, 5.74) is 0. The second kappa shape index (κ2) is 7.05. The van der Waals surface area contributed by atoms with Crippen LogP contribution in [0.2, 0.25) is 0 Å². The van der Waals surface area contributed by atoms with Crippen molar-refractivity contribution >= 4 is 34.5 Å². The van der Waals surface area contributed by atoms with Crippen molar-refractivity contribution in [3.63, 3.8) is 0 Å². The van der Waals surface area contributed by atoms with Gasteiger partial charge in [-0.25, -0.2) is 0 Å². The minimum absolute atomic E-state index is 0.763. The fourth-order valence-electron chi connectivity index (χ4n) is 0.269. The van der Waals surface area contributed by atoms with E-state index >= 15 is 0 Å². The first-order chi connectivity index (χ1) is 3.41. The van der Waals surface area contributed by atoms with Crippen LogP contribution in [0.1, 0.15) is 12.8 Å². The third-order valence-corrected chi connectivity index (χ3v) is 1.48. The maximum atomic E-state index is 5.39. The molecule has 0 spiro atoms. The predicted molar refractivity (Wildman–Crippen MR) is 31.7 cm³/mol. The van der Waals surface area contributed by atoms with Gasteiger partial charge in [0.25, 0.3) is 0 Å². The summed E-state index contributed by atoms with van der Waals surface area (Å²) in [6.07, 6.45) is 2.19. The van der Waals surface area contributed by atoms with Gasteiger partial charge in [0.05, 0.1) is 0 Å². The summed E-state index contributed by atoms with van der Waals surface area (Å²) in [5, 5.41) is 0. The van der Waals surface area contributed by atoms with Crippen LogP contribution in [0.4, 0.5) is 0 Å². The molecule has 0 aromatic carbocycles. The Hall–Kier alpha value is 1.05. The van der Waals surface area contributed by atoms with Gasteiger partial charge in [-0.1, -0.05) is 0 Å². The summed E-state index contributed by atoms with van der Waals surface area (Å²) in [4.78, 5) is 0. The molecule has 3 heteroatoms. The van der Waals surface area contributed by atoms with Gasteiger partial charge in [0, 0.05) is 0 Å². The van der Waals surface area contributed by atoms with Crippen molar-refractivity contribution in [1.29, 1.82) is 0 Å². The third kappa shape index (κ3) is 7.05. The van der Waals surface area contributed by atoms with Crippen molar-refractivity contribution in [3.8, 4) is 0 Å². The monoisotopic (exact) mass is 227 g/mol. The topological polar surface area (TPSA) is 9.23 Å². The van der Waals surface area contributed by atoms with Crippen LogP contribution in [0, 0.1) is 0 Å². The van der Waals surface area contributed by atoms with Gasteiger partial charge >= 0.3 is 62.9 Å². The van der Waals surface area contributed by atoms with Crippen LogP contribution in [-0.4, -0.2) is 35.4 Å². The molecule has 0 unspecified atom stereocenters. The molecule has 0 aromatic heterocycles. The molecule has 0 aliphatic rings. The van der Waals surface area contributed by atoms with Crippen LogP contribution in [0.5, 0.6) is 0 Å². The number of halogens is 1. The molecule has 0 amide bonds. The van der Waals surface area contributed by atoms with Gasteiger partial charge in [-0.3, -0.25) is 0 Å². The molecule has 7 heavy (non-hydrogen) atoms. The van der Waals surface area contributed by atoms with Crippen LogP contribution in [-0.2, 0) is 3.07 Å². The molecule has 41 valence electrons. The first kappa shape index (κ1) is 8.05. The Morgan fingerprint density at radius 3 is 2.57 bits per heavy atom. The van der Waals surface area contributed by atoms with Crippen LogP contribution in [0.25, 0.3) is 0 Å². The van der Waals surface area contributed by atoms with Gasteiger partial charge in [-0.05, 0) is 0 Å². The van der Waals surface area contributed by atoms with Crippen LogP contribution < -0.4 is 0 Å². The zero-order valence-corrected chi connectivity index (χ0v) is 7.72. The van der Waals surface area contributed by atoms with E-state index in [0.29, 0.717) is 0 Å². The molecule has 0 saturated carbocycles. The normalized spacial score (nSPS) is 9.43. The van der Waals surface area contributed by atoms with Gasteiger partial charge < -0.3 is 0 Å². The van der Waals surface area contributed by atoms with E-state index in [1.165, 1.54) is 0 Å². The Morgan fingerprint density at radius 1 is 1.43 bits per heavy atom. The number of unbranched alkanes of at least 4 members (excludes halogenated alkanes) is 1. The zero-order valence-electron chi connectivity index (χ0n) is 4.11. The minimum atomic E-state index is 0.763. The molecule has 0 saturated heterocycles. The van der Waals surface area contributed by atoms with Crippen LogP contribution >= 0.6 is 11.6 Å². The fraction of sp³-hybridized carbons (Fsp3) is 1.00. The summed E-state index contributed by atoms with van der Waals surface area (Å²) >= 11 is 6.55. The van der Waals surface area contributed by atoms with E-state index < -0.39 is 0 Å². The molecule has 0 aromatic rings. The van der Waals surface area contributed by atoms with Crippen molar-refractivity contribution in [2.75, 3.05) is 12.5 Å². The summed E-state index contributed by atoms with van der Waals surface area (Å²) in [6.45, 7) is 0.880. The van der Waals surface area contributed by atoms with Gasteiger partial charge in [-0.15, -0.1) is 0 Å². The Labute approximate surface area is 63.0 Å². The Morgan fingerprint density at radius 2 is 2.14 bits per heavy atom. The molecule has 3 radical (unpaired) electrons. The van der Waals surface area contributed by atoms with E-state index in [1.54, 1.807) is 0 Å². The van der Waals surface area contributed by atoms with Crippen molar-refractivity contribution < 1.29 is 3.07 Å². The maximum absolute atomic E-state index is 5.39. The van der Waals surface area contributed by atoms with Gasteiger partial charge in [0.2, 0.25) is 0 Å². The average Bonchev–Trinajstić information content (AvgIpc) is 1.69. The number of rotatable bonds is 4. The van der Waals surface area contributed by atoms with Crippen LogP contribution in [0.15, 0.2) is 0 Å². The molecule has 0 bridgehead atoms. The van der Waals surface area contributed by atoms with Gasteiger partial charge in [0.1, 0.15) is 0 Å². The van der Waals surface area contributed by atoms with E-state index in [9.17, 15) is 0 Å². The summed E-state index contributed by atoms with van der Waals surface area (Å²) in [5.74, 6) is 0.763. The average molecular weight is 226 g/mol. The summed E-state index contributed by atoms with van der Waals surface area (Å²) in [6, 6.07) is 0. The number of alkyl halides is 1. The second-order valence-corrected chi connectivity index (χ2v) is 2.45. The van der Waals surface area contributed by atoms with Crippen molar-refractivity contribution in [1.82, 2.24) is 0 Å². The Balaban J connectivity index is 2.45. The molecule has 1 nitrogen and oxygen atoms in total. The first-order valence-corrected chi connectivity index (χ1v) is 3.96. The van der Waals surface area contributed by atoms with Crippen LogP contribution in [0.3, 0.4) is 0 Å². The van der Waals surface area contributed by atoms with E-state index in [4.69, 9.17) is 14.7 Å². The van der Waals surface area contributed by atoms with Gasteiger partial charge in [-0.2, -0.15) is 0 Å².